The first kappa shape index (κ1) is 23.1. The van der Waals surface area contributed by atoms with Crippen LogP contribution in [0.25, 0.3) is 33.4 Å². The summed E-state index contributed by atoms with van der Waals surface area (Å²) in [6.45, 7) is 0. The van der Waals surface area contributed by atoms with Crippen LogP contribution in [-0.4, -0.2) is 0 Å². The summed E-state index contributed by atoms with van der Waals surface area (Å²) in [5.74, 6) is 0. The third-order valence-corrected chi connectivity index (χ3v) is 8.13. The van der Waals surface area contributed by atoms with Crippen LogP contribution in [0.3, 0.4) is 0 Å². The van der Waals surface area contributed by atoms with E-state index in [1.54, 1.807) is 0 Å². The van der Waals surface area contributed by atoms with Gasteiger partial charge in [0.1, 0.15) is 0 Å². The molecule has 0 saturated heterocycles. The molecular formula is C37H28N2. The molecule has 0 aromatic heterocycles. The predicted molar refractivity (Wildman–Crippen MR) is 163 cm³/mol. The van der Waals surface area contributed by atoms with E-state index in [0.29, 0.717) is 0 Å². The van der Waals surface area contributed by atoms with Crippen molar-refractivity contribution >= 4 is 11.4 Å². The zero-order chi connectivity index (χ0) is 26.4. The number of nitrogens with two attached hydrogens (primary N) is 2. The van der Waals surface area contributed by atoms with Gasteiger partial charge < -0.3 is 11.5 Å². The van der Waals surface area contributed by atoms with Crippen LogP contribution in [0.2, 0.25) is 0 Å². The average Bonchev–Trinajstić information content (AvgIpc) is 3.29. The van der Waals surface area contributed by atoms with Crippen molar-refractivity contribution in [1.82, 2.24) is 0 Å². The summed E-state index contributed by atoms with van der Waals surface area (Å²) in [7, 11) is 0. The molecule has 0 saturated carbocycles. The molecule has 6 aromatic carbocycles. The molecule has 186 valence electrons. The van der Waals surface area contributed by atoms with Gasteiger partial charge in [-0.05, 0) is 56.6 Å². The summed E-state index contributed by atoms with van der Waals surface area (Å²) in [5.41, 5.74) is 25.7. The normalized spacial score (nSPS) is 13.0. The first-order valence-electron chi connectivity index (χ1n) is 13.3. The van der Waals surface area contributed by atoms with E-state index in [2.05, 4.69) is 109 Å². The van der Waals surface area contributed by atoms with Crippen LogP contribution in [0.4, 0.5) is 11.4 Å². The van der Waals surface area contributed by atoms with E-state index in [4.69, 9.17) is 11.5 Å². The zero-order valence-electron chi connectivity index (χ0n) is 21.5. The maximum atomic E-state index is 6.32. The second-order valence-electron chi connectivity index (χ2n) is 10.2. The molecule has 1 aliphatic carbocycles. The van der Waals surface area contributed by atoms with Crippen molar-refractivity contribution in [1.29, 1.82) is 0 Å². The molecule has 0 heterocycles. The zero-order valence-corrected chi connectivity index (χ0v) is 21.5. The number of anilines is 2. The largest absolute Gasteiger partial charge is 0.398 e. The quantitative estimate of drug-likeness (QED) is 0.238. The van der Waals surface area contributed by atoms with Crippen LogP contribution in [0.1, 0.15) is 22.3 Å². The molecular weight excluding hydrogens is 472 g/mol. The van der Waals surface area contributed by atoms with Gasteiger partial charge in [0.05, 0.1) is 5.41 Å². The van der Waals surface area contributed by atoms with Crippen molar-refractivity contribution in [2.24, 2.45) is 0 Å². The van der Waals surface area contributed by atoms with E-state index in [-0.39, 0.29) is 0 Å². The average molecular weight is 501 g/mol. The van der Waals surface area contributed by atoms with Crippen LogP contribution in [0, 0.1) is 0 Å². The molecule has 4 N–H and O–H groups in total. The molecule has 6 aromatic rings. The summed E-state index contributed by atoms with van der Waals surface area (Å²) in [4.78, 5) is 0. The molecule has 0 amide bonds. The Labute approximate surface area is 229 Å². The molecule has 0 radical (unpaired) electrons. The number of hydrogen-bond donors (Lipinski definition) is 2. The van der Waals surface area contributed by atoms with E-state index in [1.165, 1.54) is 33.4 Å². The number of rotatable bonds is 4. The molecule has 2 nitrogen and oxygen atoms in total. The SMILES string of the molecule is Nc1ccccc1-c1ccc(C2(c3ccc(-c4ccccc4N)cc3)c3ccccc3-c3ccccc32)cc1. The van der Waals surface area contributed by atoms with Gasteiger partial charge in [-0.2, -0.15) is 0 Å². The Morgan fingerprint density at radius 2 is 0.667 bits per heavy atom. The monoisotopic (exact) mass is 500 g/mol. The number of benzene rings is 6. The minimum Gasteiger partial charge on any atom is -0.398 e. The lowest BCUT2D eigenvalue weighted by Gasteiger charge is -2.34. The highest BCUT2D eigenvalue weighted by molar-refractivity contribution is 5.87. The van der Waals surface area contributed by atoms with Crippen molar-refractivity contribution in [2.45, 2.75) is 5.41 Å². The van der Waals surface area contributed by atoms with E-state index in [1.807, 2.05) is 36.4 Å². The molecule has 0 bridgehead atoms. The number of para-hydroxylation sites is 2. The lowest BCUT2D eigenvalue weighted by molar-refractivity contribution is 0.769. The van der Waals surface area contributed by atoms with Crippen molar-refractivity contribution in [3.8, 4) is 33.4 Å². The third kappa shape index (κ3) is 3.49. The maximum Gasteiger partial charge on any atom is 0.0713 e. The highest BCUT2D eigenvalue weighted by atomic mass is 14.6. The lowest BCUT2D eigenvalue weighted by Crippen LogP contribution is -2.28. The number of fused-ring (bicyclic) bond motifs is 3. The van der Waals surface area contributed by atoms with Crippen LogP contribution in [0.5, 0.6) is 0 Å². The fourth-order valence-electron chi connectivity index (χ4n) is 6.34. The summed E-state index contributed by atoms with van der Waals surface area (Å²) in [6, 6.07) is 51.6. The second-order valence-corrected chi connectivity index (χ2v) is 10.2. The van der Waals surface area contributed by atoms with Gasteiger partial charge in [-0.15, -0.1) is 0 Å². The summed E-state index contributed by atoms with van der Waals surface area (Å²) < 4.78 is 0. The first-order valence-corrected chi connectivity index (χ1v) is 13.3. The maximum absolute atomic E-state index is 6.32. The van der Waals surface area contributed by atoms with Crippen molar-refractivity contribution in [3.05, 3.63) is 168 Å². The van der Waals surface area contributed by atoms with Gasteiger partial charge in [-0.25, -0.2) is 0 Å². The van der Waals surface area contributed by atoms with Gasteiger partial charge in [0.25, 0.3) is 0 Å². The van der Waals surface area contributed by atoms with Gasteiger partial charge in [-0.1, -0.05) is 133 Å². The van der Waals surface area contributed by atoms with Crippen LogP contribution in [0.15, 0.2) is 146 Å². The molecule has 1 aliphatic rings. The Morgan fingerprint density at radius 1 is 0.333 bits per heavy atom. The van der Waals surface area contributed by atoms with Crippen molar-refractivity contribution in [2.75, 3.05) is 11.5 Å². The summed E-state index contributed by atoms with van der Waals surface area (Å²) in [6.07, 6.45) is 0. The fourth-order valence-corrected chi connectivity index (χ4v) is 6.34. The van der Waals surface area contributed by atoms with Gasteiger partial charge >= 0.3 is 0 Å². The molecule has 2 heteroatoms. The fraction of sp³-hybridized carbons (Fsp3) is 0.0270. The standard InChI is InChI=1S/C37H28N2/c38-35-15-7-3-9-29(35)25-17-21-27(22-18-25)37(28-23-19-26(20-24-28)30-10-4-8-16-36(30)39)33-13-5-1-11-31(33)32-12-2-6-14-34(32)37/h1-24H,38-39H2. The molecule has 0 spiro atoms. The minimum atomic E-state index is -0.450. The molecule has 39 heavy (non-hydrogen) atoms. The van der Waals surface area contributed by atoms with Crippen molar-refractivity contribution < 1.29 is 0 Å². The van der Waals surface area contributed by atoms with Gasteiger partial charge in [0, 0.05) is 22.5 Å². The van der Waals surface area contributed by atoms with E-state index in [9.17, 15) is 0 Å². The Kier molecular flexibility index (Phi) is 5.35. The smallest absolute Gasteiger partial charge is 0.0713 e. The summed E-state index contributed by atoms with van der Waals surface area (Å²) >= 11 is 0. The predicted octanol–water partition coefficient (Wildman–Crippen LogP) is 8.55. The molecule has 0 aliphatic heterocycles. The number of nitrogen functional groups attached to an aromatic ring is 2. The molecule has 0 fully saturated rings. The highest BCUT2D eigenvalue weighted by Gasteiger charge is 2.45. The van der Waals surface area contributed by atoms with Gasteiger partial charge in [-0.3, -0.25) is 0 Å². The van der Waals surface area contributed by atoms with Crippen LogP contribution >= 0.6 is 0 Å². The van der Waals surface area contributed by atoms with E-state index < -0.39 is 5.41 Å². The van der Waals surface area contributed by atoms with E-state index in [0.717, 1.165) is 33.6 Å². The van der Waals surface area contributed by atoms with E-state index >= 15 is 0 Å². The van der Waals surface area contributed by atoms with Crippen molar-refractivity contribution in [3.63, 3.8) is 0 Å². The van der Waals surface area contributed by atoms with Crippen LogP contribution < -0.4 is 11.5 Å². The minimum absolute atomic E-state index is 0.450. The number of hydrogen-bond acceptors (Lipinski definition) is 2. The Bertz CT molecular complexity index is 1680. The Balaban J connectivity index is 1.46. The van der Waals surface area contributed by atoms with Crippen LogP contribution in [-0.2, 0) is 5.41 Å². The Morgan fingerprint density at radius 3 is 1.05 bits per heavy atom. The molecule has 0 unspecified atom stereocenters. The topological polar surface area (TPSA) is 52.0 Å². The van der Waals surface area contributed by atoms with Gasteiger partial charge in [0.15, 0.2) is 0 Å². The third-order valence-electron chi connectivity index (χ3n) is 8.13. The molecule has 7 rings (SSSR count). The van der Waals surface area contributed by atoms with Gasteiger partial charge in [0.2, 0.25) is 0 Å². The highest BCUT2D eigenvalue weighted by Crippen LogP contribution is 2.56. The lowest BCUT2D eigenvalue weighted by atomic mass is 9.67. The summed E-state index contributed by atoms with van der Waals surface area (Å²) in [5, 5.41) is 0. The second kappa shape index (κ2) is 9.04. The first-order chi connectivity index (χ1) is 19.2. The Hall–Kier alpha value is -5.08. The molecule has 0 atom stereocenters.